The van der Waals surface area contributed by atoms with E-state index < -0.39 is 22.7 Å². The van der Waals surface area contributed by atoms with Crippen LogP contribution in [0, 0.1) is 0 Å². The van der Waals surface area contributed by atoms with Crippen molar-refractivity contribution in [2.24, 2.45) is 0 Å². The van der Waals surface area contributed by atoms with Gasteiger partial charge in [0, 0.05) is 0 Å². The lowest BCUT2D eigenvalue weighted by Crippen LogP contribution is -2.55. The molecule has 158 valence electrons. The molecule has 0 spiro atoms. The number of nitrogens with zero attached hydrogens (tertiary/aromatic N) is 1. The number of hydrogen-bond donors (Lipinski definition) is 0. The van der Waals surface area contributed by atoms with Crippen molar-refractivity contribution in [1.29, 1.82) is 0 Å². The summed E-state index contributed by atoms with van der Waals surface area (Å²) in [5.74, 6) is -0.672. The molecule has 0 radical (unpaired) electrons. The van der Waals surface area contributed by atoms with Crippen LogP contribution in [0.25, 0.3) is 0 Å². The van der Waals surface area contributed by atoms with Gasteiger partial charge in [0.25, 0.3) is 0 Å². The first-order valence-corrected chi connectivity index (χ1v) is 10.2. The summed E-state index contributed by atoms with van der Waals surface area (Å²) in [6, 6.07) is 15.4. The fourth-order valence-corrected chi connectivity index (χ4v) is 5.09. The van der Waals surface area contributed by atoms with E-state index in [2.05, 4.69) is 0 Å². The molecule has 2 aromatic carbocycles. The van der Waals surface area contributed by atoms with Gasteiger partial charge in [-0.2, -0.15) is 0 Å². The van der Waals surface area contributed by atoms with E-state index in [0.717, 1.165) is 0 Å². The van der Waals surface area contributed by atoms with Crippen LogP contribution in [0.4, 0.5) is 0 Å². The molecule has 1 aliphatic rings. The van der Waals surface area contributed by atoms with Gasteiger partial charge in [0.15, 0.2) is 4.75 Å². The van der Waals surface area contributed by atoms with Gasteiger partial charge in [0.1, 0.15) is 12.3 Å². The van der Waals surface area contributed by atoms with Crippen LogP contribution in [0.15, 0.2) is 54.6 Å². The summed E-state index contributed by atoms with van der Waals surface area (Å²) >= 11 is 1.21. The van der Waals surface area contributed by atoms with Crippen molar-refractivity contribution < 1.29 is 28.6 Å². The average molecular weight is 429 g/mol. The van der Waals surface area contributed by atoms with Gasteiger partial charge < -0.3 is 19.1 Å². The summed E-state index contributed by atoms with van der Waals surface area (Å²) < 4.78 is 14.0. The maximum atomic E-state index is 13.3. The van der Waals surface area contributed by atoms with Gasteiger partial charge in [0.2, 0.25) is 5.91 Å². The number of rotatable bonds is 6. The molecule has 7 nitrogen and oxygen atoms in total. The Hall–Kier alpha value is -3.00. The SMILES string of the molecule is COC(=O)CN1C(=O)CS[C@@](C(=O)OC)(c2ccccc2)[C@@H]1c1ccc(OC)cc1. The van der Waals surface area contributed by atoms with Crippen molar-refractivity contribution in [3.8, 4) is 5.75 Å². The number of esters is 2. The molecule has 30 heavy (non-hydrogen) atoms. The topological polar surface area (TPSA) is 82.1 Å². The number of hydrogen-bond acceptors (Lipinski definition) is 7. The predicted octanol–water partition coefficient (Wildman–Crippen LogP) is 2.55. The second-order valence-electron chi connectivity index (χ2n) is 6.66. The summed E-state index contributed by atoms with van der Waals surface area (Å²) in [6.07, 6.45) is 0. The van der Waals surface area contributed by atoms with Gasteiger partial charge in [0.05, 0.1) is 33.1 Å². The summed E-state index contributed by atoms with van der Waals surface area (Å²) in [7, 11) is 4.14. The van der Waals surface area contributed by atoms with E-state index in [1.165, 1.54) is 30.9 Å². The summed E-state index contributed by atoms with van der Waals surface area (Å²) in [5.41, 5.74) is 1.36. The van der Waals surface area contributed by atoms with Gasteiger partial charge in [-0.25, -0.2) is 0 Å². The molecule has 0 saturated carbocycles. The largest absolute Gasteiger partial charge is 0.497 e. The molecule has 3 rings (SSSR count). The Balaban J connectivity index is 2.24. The predicted molar refractivity (Wildman–Crippen MR) is 112 cm³/mol. The quantitative estimate of drug-likeness (QED) is 0.653. The van der Waals surface area contributed by atoms with Crippen LogP contribution in [-0.4, -0.2) is 56.4 Å². The molecule has 1 saturated heterocycles. The van der Waals surface area contributed by atoms with E-state index in [1.807, 2.05) is 30.3 Å². The van der Waals surface area contributed by atoms with E-state index in [4.69, 9.17) is 14.2 Å². The number of methoxy groups -OCH3 is 3. The molecule has 2 aromatic rings. The fraction of sp³-hybridized carbons (Fsp3) is 0.318. The number of benzene rings is 2. The van der Waals surface area contributed by atoms with E-state index >= 15 is 0 Å². The molecule has 1 amide bonds. The Morgan fingerprint density at radius 3 is 2.27 bits per heavy atom. The Morgan fingerprint density at radius 2 is 1.70 bits per heavy atom. The van der Waals surface area contributed by atoms with Crippen molar-refractivity contribution in [2.45, 2.75) is 10.8 Å². The molecule has 1 heterocycles. The van der Waals surface area contributed by atoms with Crippen LogP contribution in [-0.2, 0) is 28.6 Å². The minimum Gasteiger partial charge on any atom is -0.497 e. The zero-order valence-corrected chi connectivity index (χ0v) is 17.8. The van der Waals surface area contributed by atoms with E-state index in [9.17, 15) is 14.4 Å². The maximum Gasteiger partial charge on any atom is 0.329 e. The number of ether oxygens (including phenoxy) is 3. The van der Waals surface area contributed by atoms with Crippen molar-refractivity contribution in [1.82, 2.24) is 4.90 Å². The highest BCUT2D eigenvalue weighted by molar-refractivity contribution is 8.01. The minimum atomic E-state index is -1.26. The van der Waals surface area contributed by atoms with E-state index in [0.29, 0.717) is 16.9 Å². The molecule has 0 N–H and O–H groups in total. The highest BCUT2D eigenvalue weighted by Gasteiger charge is 2.56. The average Bonchev–Trinajstić information content (AvgIpc) is 2.80. The molecule has 0 bridgehead atoms. The van der Waals surface area contributed by atoms with Crippen molar-refractivity contribution in [2.75, 3.05) is 33.6 Å². The second kappa shape index (κ2) is 9.21. The first kappa shape index (κ1) is 21.7. The van der Waals surface area contributed by atoms with Crippen LogP contribution in [0.3, 0.4) is 0 Å². The lowest BCUT2D eigenvalue weighted by Gasteiger charge is -2.47. The number of thioether (sulfide) groups is 1. The Kier molecular flexibility index (Phi) is 6.66. The Labute approximate surface area is 179 Å². The van der Waals surface area contributed by atoms with Gasteiger partial charge >= 0.3 is 11.9 Å². The molecular formula is C22H23NO6S. The minimum absolute atomic E-state index is 0.0215. The maximum absolute atomic E-state index is 13.3. The summed E-state index contributed by atoms with van der Waals surface area (Å²) in [6.45, 7) is -0.280. The number of amides is 1. The Morgan fingerprint density at radius 1 is 1.03 bits per heavy atom. The first-order chi connectivity index (χ1) is 14.5. The standard InChI is InChI=1S/C22H23NO6S/c1-27-17-11-9-15(10-12-17)20-22(21(26)29-3,16-7-5-4-6-8-16)30-14-18(24)23(20)13-19(25)28-2/h4-12,20H,13-14H2,1-3H3/t20-,22-/m0/s1. The third-order valence-corrected chi connectivity index (χ3v) is 6.56. The van der Waals surface area contributed by atoms with Gasteiger partial charge in [-0.05, 0) is 23.3 Å². The smallest absolute Gasteiger partial charge is 0.329 e. The molecular weight excluding hydrogens is 406 g/mol. The van der Waals surface area contributed by atoms with Crippen molar-refractivity contribution >= 4 is 29.6 Å². The number of carbonyl (C=O) groups is 3. The fourth-order valence-electron chi connectivity index (χ4n) is 3.65. The van der Waals surface area contributed by atoms with Crippen LogP contribution >= 0.6 is 11.8 Å². The van der Waals surface area contributed by atoms with Crippen molar-refractivity contribution in [3.63, 3.8) is 0 Å². The zero-order valence-electron chi connectivity index (χ0n) is 17.0. The first-order valence-electron chi connectivity index (χ1n) is 9.26. The van der Waals surface area contributed by atoms with Crippen LogP contribution in [0.2, 0.25) is 0 Å². The molecule has 0 unspecified atom stereocenters. The Bertz CT molecular complexity index is 917. The van der Waals surface area contributed by atoms with Gasteiger partial charge in [-0.3, -0.25) is 14.4 Å². The van der Waals surface area contributed by atoms with Crippen molar-refractivity contribution in [3.05, 3.63) is 65.7 Å². The normalized spacial score (nSPS) is 21.1. The van der Waals surface area contributed by atoms with E-state index in [-0.39, 0.29) is 18.2 Å². The monoisotopic (exact) mass is 429 g/mol. The lowest BCUT2D eigenvalue weighted by molar-refractivity contribution is -0.154. The second-order valence-corrected chi connectivity index (χ2v) is 7.88. The number of carbonyl (C=O) groups excluding carboxylic acids is 3. The van der Waals surface area contributed by atoms with Crippen LogP contribution in [0.5, 0.6) is 5.75 Å². The van der Waals surface area contributed by atoms with Gasteiger partial charge in [-0.15, -0.1) is 11.8 Å². The zero-order chi connectivity index (χ0) is 21.7. The molecule has 8 heteroatoms. The highest BCUT2D eigenvalue weighted by Crippen LogP contribution is 2.53. The summed E-state index contributed by atoms with van der Waals surface area (Å²) in [5, 5.41) is 0. The van der Waals surface area contributed by atoms with E-state index in [1.54, 1.807) is 31.4 Å². The third kappa shape index (κ3) is 3.87. The molecule has 2 atom stereocenters. The molecule has 1 fully saturated rings. The van der Waals surface area contributed by atoms with Crippen LogP contribution in [0.1, 0.15) is 17.2 Å². The molecule has 0 aromatic heterocycles. The highest BCUT2D eigenvalue weighted by atomic mass is 32.2. The molecule has 1 aliphatic heterocycles. The third-order valence-electron chi connectivity index (χ3n) is 5.09. The lowest BCUT2D eigenvalue weighted by atomic mass is 9.84. The van der Waals surface area contributed by atoms with Crippen LogP contribution < -0.4 is 4.74 Å². The summed E-state index contributed by atoms with van der Waals surface area (Å²) in [4.78, 5) is 39.7. The molecule has 0 aliphatic carbocycles. The van der Waals surface area contributed by atoms with Gasteiger partial charge in [-0.1, -0.05) is 42.5 Å².